The Balaban J connectivity index is 2.14. The minimum atomic E-state index is -0.235. The van der Waals surface area contributed by atoms with Crippen LogP contribution in [0.5, 0.6) is 0 Å². The molecular formula is C13H14FN3. The van der Waals surface area contributed by atoms with E-state index < -0.39 is 0 Å². The summed E-state index contributed by atoms with van der Waals surface area (Å²) in [6.45, 7) is 3.85. The maximum Gasteiger partial charge on any atom is 0.223 e. The Morgan fingerprint density at radius 3 is 2.82 bits per heavy atom. The molecular weight excluding hydrogens is 217 g/mol. The van der Waals surface area contributed by atoms with E-state index in [1.165, 1.54) is 12.1 Å². The van der Waals surface area contributed by atoms with Crippen LogP contribution >= 0.6 is 0 Å². The molecule has 3 nitrogen and oxygen atoms in total. The summed E-state index contributed by atoms with van der Waals surface area (Å²) >= 11 is 0. The molecule has 0 radical (unpaired) electrons. The largest absolute Gasteiger partial charge is 0.348 e. The van der Waals surface area contributed by atoms with Crippen LogP contribution in [-0.4, -0.2) is 9.97 Å². The Morgan fingerprint density at radius 1 is 1.29 bits per heavy atom. The van der Waals surface area contributed by atoms with Crippen LogP contribution in [0.3, 0.4) is 0 Å². The van der Waals surface area contributed by atoms with Gasteiger partial charge in [0.25, 0.3) is 0 Å². The zero-order chi connectivity index (χ0) is 12.3. The van der Waals surface area contributed by atoms with Crippen molar-refractivity contribution in [1.29, 1.82) is 0 Å². The molecule has 2 aromatic rings. The van der Waals surface area contributed by atoms with Gasteiger partial charge in [-0.15, -0.1) is 0 Å². The quantitative estimate of drug-likeness (QED) is 0.882. The number of nitrogens with zero attached hydrogens (tertiary/aromatic N) is 2. The van der Waals surface area contributed by atoms with Gasteiger partial charge in [0, 0.05) is 11.9 Å². The van der Waals surface area contributed by atoms with E-state index in [4.69, 9.17) is 0 Å². The first kappa shape index (κ1) is 11.5. The Hall–Kier alpha value is -1.97. The van der Waals surface area contributed by atoms with Crippen LogP contribution in [0.25, 0.3) is 0 Å². The summed E-state index contributed by atoms with van der Waals surface area (Å²) < 4.78 is 13.1. The first-order chi connectivity index (χ1) is 8.15. The number of anilines is 1. The van der Waals surface area contributed by atoms with E-state index in [-0.39, 0.29) is 11.9 Å². The summed E-state index contributed by atoms with van der Waals surface area (Å²) in [4.78, 5) is 8.36. The molecule has 1 atom stereocenters. The number of benzene rings is 1. The molecule has 1 heterocycles. The van der Waals surface area contributed by atoms with E-state index in [0.717, 1.165) is 11.3 Å². The van der Waals surface area contributed by atoms with Crippen LogP contribution < -0.4 is 5.32 Å². The molecule has 1 N–H and O–H groups in total. The molecule has 0 aliphatic heterocycles. The van der Waals surface area contributed by atoms with Gasteiger partial charge >= 0.3 is 0 Å². The fraction of sp³-hybridized carbons (Fsp3) is 0.231. The van der Waals surface area contributed by atoms with Crippen molar-refractivity contribution in [2.75, 3.05) is 5.32 Å². The van der Waals surface area contributed by atoms with Gasteiger partial charge < -0.3 is 5.32 Å². The second kappa shape index (κ2) is 4.91. The van der Waals surface area contributed by atoms with Gasteiger partial charge in [0.05, 0.1) is 6.04 Å². The molecule has 0 aliphatic carbocycles. The number of halogens is 1. The monoisotopic (exact) mass is 231 g/mol. The molecule has 4 heteroatoms. The molecule has 0 bridgehead atoms. The third kappa shape index (κ3) is 3.00. The molecule has 0 saturated heterocycles. The Bertz CT molecular complexity index is 514. The second-order valence-electron chi connectivity index (χ2n) is 3.94. The zero-order valence-electron chi connectivity index (χ0n) is 9.81. The average Bonchev–Trinajstić information content (AvgIpc) is 2.29. The topological polar surface area (TPSA) is 37.8 Å². The van der Waals surface area contributed by atoms with Gasteiger partial charge in [-0.1, -0.05) is 12.1 Å². The Kier molecular flexibility index (Phi) is 3.32. The van der Waals surface area contributed by atoms with Crippen LogP contribution in [0.4, 0.5) is 10.3 Å². The normalized spacial score (nSPS) is 12.2. The predicted molar refractivity (Wildman–Crippen MR) is 65.2 cm³/mol. The van der Waals surface area contributed by atoms with Crippen molar-refractivity contribution >= 4 is 5.95 Å². The van der Waals surface area contributed by atoms with Gasteiger partial charge in [-0.2, -0.15) is 0 Å². The number of hydrogen-bond acceptors (Lipinski definition) is 3. The van der Waals surface area contributed by atoms with E-state index in [0.29, 0.717) is 5.95 Å². The lowest BCUT2D eigenvalue weighted by Crippen LogP contribution is -2.09. The maximum absolute atomic E-state index is 13.1. The van der Waals surface area contributed by atoms with Crippen molar-refractivity contribution in [3.8, 4) is 0 Å². The molecule has 1 unspecified atom stereocenters. The third-order valence-corrected chi connectivity index (χ3v) is 2.49. The number of nitrogens with one attached hydrogen (secondary N) is 1. The highest BCUT2D eigenvalue weighted by atomic mass is 19.1. The highest BCUT2D eigenvalue weighted by Gasteiger charge is 2.07. The molecule has 88 valence electrons. The smallest absolute Gasteiger partial charge is 0.223 e. The first-order valence-electron chi connectivity index (χ1n) is 5.47. The second-order valence-corrected chi connectivity index (χ2v) is 3.94. The molecule has 0 spiro atoms. The average molecular weight is 231 g/mol. The molecule has 17 heavy (non-hydrogen) atoms. The number of aryl methyl sites for hydroxylation is 1. The molecule has 0 saturated carbocycles. The SMILES string of the molecule is Cc1ccnc(NC(C)c2cccc(F)c2)n1. The van der Waals surface area contributed by atoms with Crippen molar-refractivity contribution in [2.45, 2.75) is 19.9 Å². The van der Waals surface area contributed by atoms with Gasteiger partial charge in [-0.3, -0.25) is 0 Å². The summed E-state index contributed by atoms with van der Waals surface area (Å²) in [6.07, 6.45) is 1.70. The third-order valence-electron chi connectivity index (χ3n) is 2.49. The minimum absolute atomic E-state index is 0.0347. The standard InChI is InChI=1S/C13H14FN3/c1-9-6-7-15-13(16-9)17-10(2)11-4-3-5-12(14)8-11/h3-8,10H,1-2H3,(H,15,16,17). The van der Waals surface area contributed by atoms with Gasteiger partial charge in [-0.05, 0) is 37.6 Å². The highest BCUT2D eigenvalue weighted by Crippen LogP contribution is 2.17. The fourth-order valence-corrected chi connectivity index (χ4v) is 1.57. The van der Waals surface area contributed by atoms with Crippen LogP contribution in [0.1, 0.15) is 24.2 Å². The maximum atomic E-state index is 13.1. The number of aromatic nitrogens is 2. The van der Waals surface area contributed by atoms with Crippen LogP contribution in [0.15, 0.2) is 36.5 Å². The van der Waals surface area contributed by atoms with E-state index in [1.807, 2.05) is 26.0 Å². The molecule has 1 aromatic heterocycles. The zero-order valence-corrected chi connectivity index (χ0v) is 9.81. The summed E-state index contributed by atoms with van der Waals surface area (Å²) in [5, 5.41) is 3.14. The van der Waals surface area contributed by atoms with E-state index >= 15 is 0 Å². The van der Waals surface area contributed by atoms with E-state index in [1.54, 1.807) is 12.3 Å². The van der Waals surface area contributed by atoms with Crippen molar-refractivity contribution in [1.82, 2.24) is 9.97 Å². The molecule has 0 fully saturated rings. The molecule has 0 aliphatic rings. The van der Waals surface area contributed by atoms with Crippen LogP contribution in [0, 0.1) is 12.7 Å². The minimum Gasteiger partial charge on any atom is -0.348 e. The Morgan fingerprint density at radius 2 is 2.12 bits per heavy atom. The van der Waals surface area contributed by atoms with Gasteiger partial charge in [-0.25, -0.2) is 14.4 Å². The summed E-state index contributed by atoms with van der Waals surface area (Å²) in [5.74, 6) is 0.322. The predicted octanol–water partition coefficient (Wildman–Crippen LogP) is 3.10. The van der Waals surface area contributed by atoms with Crippen molar-refractivity contribution < 1.29 is 4.39 Å². The van der Waals surface area contributed by atoms with Gasteiger partial charge in [0.15, 0.2) is 0 Å². The van der Waals surface area contributed by atoms with Crippen LogP contribution in [0.2, 0.25) is 0 Å². The lowest BCUT2D eigenvalue weighted by molar-refractivity contribution is 0.623. The van der Waals surface area contributed by atoms with Crippen LogP contribution in [-0.2, 0) is 0 Å². The van der Waals surface area contributed by atoms with Crippen molar-refractivity contribution in [2.24, 2.45) is 0 Å². The van der Waals surface area contributed by atoms with Gasteiger partial charge in [0.1, 0.15) is 5.82 Å². The fourth-order valence-electron chi connectivity index (χ4n) is 1.57. The highest BCUT2D eigenvalue weighted by molar-refractivity contribution is 5.31. The molecule has 2 rings (SSSR count). The van der Waals surface area contributed by atoms with Gasteiger partial charge in [0.2, 0.25) is 5.95 Å². The number of hydrogen-bond donors (Lipinski definition) is 1. The van der Waals surface area contributed by atoms with Crippen molar-refractivity contribution in [3.63, 3.8) is 0 Å². The number of rotatable bonds is 3. The Labute approximate surface area is 99.7 Å². The lowest BCUT2D eigenvalue weighted by Gasteiger charge is -2.14. The summed E-state index contributed by atoms with van der Waals surface area (Å²) in [7, 11) is 0. The summed E-state index contributed by atoms with van der Waals surface area (Å²) in [6, 6.07) is 8.30. The van der Waals surface area contributed by atoms with Crippen molar-refractivity contribution in [3.05, 3.63) is 53.6 Å². The van der Waals surface area contributed by atoms with E-state index in [9.17, 15) is 4.39 Å². The first-order valence-corrected chi connectivity index (χ1v) is 5.47. The van der Waals surface area contributed by atoms with E-state index in [2.05, 4.69) is 15.3 Å². The molecule has 1 aromatic carbocycles. The molecule has 0 amide bonds. The lowest BCUT2D eigenvalue weighted by atomic mass is 10.1. The summed E-state index contributed by atoms with van der Waals surface area (Å²) in [5.41, 5.74) is 1.77.